The van der Waals surface area contributed by atoms with Gasteiger partial charge in [-0.3, -0.25) is 0 Å². The predicted molar refractivity (Wildman–Crippen MR) is 140 cm³/mol. The number of hydrogen-bond acceptors (Lipinski definition) is 0. The molecule has 0 saturated heterocycles. The second-order valence-corrected chi connectivity index (χ2v) is 10.7. The molecule has 0 radical (unpaired) electrons. The van der Waals surface area contributed by atoms with Gasteiger partial charge in [0, 0.05) is 0 Å². The Hall–Kier alpha value is 0. The van der Waals surface area contributed by atoms with Gasteiger partial charge < -0.3 is 0 Å². The highest BCUT2D eigenvalue weighted by atomic mass is 14.1. The third-order valence-corrected chi connectivity index (χ3v) is 7.24. The average Bonchev–Trinajstić information content (AvgIpc) is 2.74. The molecule has 0 aromatic carbocycles. The van der Waals surface area contributed by atoms with Gasteiger partial charge in [0.1, 0.15) is 0 Å². The fourth-order valence-corrected chi connectivity index (χ4v) is 4.88. The summed E-state index contributed by atoms with van der Waals surface area (Å²) in [6.45, 7) is 9.59. The van der Waals surface area contributed by atoms with Crippen LogP contribution in [0.25, 0.3) is 0 Å². The Kier molecular flexibility index (Phi) is 25.3. The van der Waals surface area contributed by atoms with Crippen molar-refractivity contribution >= 4 is 0 Å². The molecule has 0 aliphatic carbocycles. The minimum Gasteiger partial charge on any atom is -0.0654 e. The Morgan fingerprint density at radius 3 is 0.767 bits per heavy atom. The van der Waals surface area contributed by atoms with Crippen molar-refractivity contribution in [2.45, 2.75) is 182 Å². The highest BCUT2D eigenvalue weighted by Gasteiger charge is 2.05. The lowest BCUT2D eigenvalue weighted by Crippen LogP contribution is -1.98. The van der Waals surface area contributed by atoms with E-state index in [1.807, 2.05) is 0 Å². The summed E-state index contributed by atoms with van der Waals surface area (Å²) in [6, 6.07) is 0. The largest absolute Gasteiger partial charge is 0.0654 e. The summed E-state index contributed by atoms with van der Waals surface area (Å²) in [5, 5.41) is 0. The molecule has 0 heterocycles. The van der Waals surface area contributed by atoms with Gasteiger partial charge >= 0.3 is 0 Å². The van der Waals surface area contributed by atoms with E-state index in [4.69, 9.17) is 0 Å². The van der Waals surface area contributed by atoms with E-state index in [1.165, 1.54) is 154 Å². The van der Waals surface area contributed by atoms with Crippen molar-refractivity contribution in [2.75, 3.05) is 0 Å². The first kappa shape index (κ1) is 30.0. The van der Waals surface area contributed by atoms with Crippen LogP contribution in [-0.2, 0) is 0 Å². The molecule has 0 aliphatic heterocycles. The zero-order chi connectivity index (χ0) is 22.1. The first-order valence-electron chi connectivity index (χ1n) is 14.7. The first-order chi connectivity index (χ1) is 14.7. The summed E-state index contributed by atoms with van der Waals surface area (Å²) >= 11 is 0. The SMILES string of the molecule is CCCCCCCCCCCCCCCC(C)CCCCC(C)CCCCCCC. The Labute approximate surface area is 193 Å². The van der Waals surface area contributed by atoms with Gasteiger partial charge in [0.25, 0.3) is 0 Å². The molecule has 0 bridgehead atoms. The maximum absolute atomic E-state index is 2.50. The Bertz CT molecular complexity index is 294. The topological polar surface area (TPSA) is 0 Å². The van der Waals surface area contributed by atoms with Crippen LogP contribution in [0.3, 0.4) is 0 Å². The molecule has 0 aromatic rings. The quantitative estimate of drug-likeness (QED) is 0.128. The third-order valence-electron chi connectivity index (χ3n) is 7.24. The normalized spacial score (nSPS) is 13.6. The molecule has 0 fully saturated rings. The maximum Gasteiger partial charge on any atom is -0.0443 e. The van der Waals surface area contributed by atoms with Crippen LogP contribution >= 0.6 is 0 Å². The number of hydrogen-bond donors (Lipinski definition) is 0. The lowest BCUT2D eigenvalue weighted by molar-refractivity contribution is 0.400. The van der Waals surface area contributed by atoms with Gasteiger partial charge in [0.05, 0.1) is 0 Å². The minimum atomic E-state index is 0.960. The van der Waals surface area contributed by atoms with E-state index in [1.54, 1.807) is 0 Å². The van der Waals surface area contributed by atoms with Gasteiger partial charge in [-0.1, -0.05) is 182 Å². The molecule has 0 aliphatic rings. The molecule has 182 valence electrons. The van der Waals surface area contributed by atoms with E-state index >= 15 is 0 Å². The van der Waals surface area contributed by atoms with Gasteiger partial charge in [-0.2, -0.15) is 0 Å². The lowest BCUT2D eigenvalue weighted by atomic mass is 9.93. The van der Waals surface area contributed by atoms with Crippen molar-refractivity contribution in [1.29, 1.82) is 0 Å². The van der Waals surface area contributed by atoms with E-state index in [0.717, 1.165) is 11.8 Å². The van der Waals surface area contributed by atoms with Crippen molar-refractivity contribution in [3.63, 3.8) is 0 Å². The molecule has 0 spiro atoms. The van der Waals surface area contributed by atoms with Crippen molar-refractivity contribution in [3.05, 3.63) is 0 Å². The third kappa shape index (κ3) is 24.3. The number of rotatable bonds is 25. The molecule has 0 nitrogen and oxygen atoms in total. The van der Waals surface area contributed by atoms with Crippen LogP contribution in [0.1, 0.15) is 182 Å². The van der Waals surface area contributed by atoms with Crippen LogP contribution in [0.15, 0.2) is 0 Å². The first-order valence-corrected chi connectivity index (χ1v) is 14.7. The molecule has 0 N–H and O–H groups in total. The molecule has 0 aromatic heterocycles. The van der Waals surface area contributed by atoms with Crippen LogP contribution in [0.5, 0.6) is 0 Å². The Morgan fingerprint density at radius 1 is 0.300 bits per heavy atom. The van der Waals surface area contributed by atoms with Gasteiger partial charge in [-0.05, 0) is 11.8 Å². The molecular formula is C30H62. The Morgan fingerprint density at radius 2 is 0.500 bits per heavy atom. The molecule has 2 unspecified atom stereocenters. The Balaban J connectivity index is 3.24. The molecular weight excluding hydrogens is 360 g/mol. The van der Waals surface area contributed by atoms with Crippen molar-refractivity contribution in [2.24, 2.45) is 11.8 Å². The van der Waals surface area contributed by atoms with Gasteiger partial charge in [-0.25, -0.2) is 0 Å². The van der Waals surface area contributed by atoms with Crippen LogP contribution in [-0.4, -0.2) is 0 Å². The maximum atomic E-state index is 2.50. The van der Waals surface area contributed by atoms with Gasteiger partial charge in [-0.15, -0.1) is 0 Å². The fraction of sp³-hybridized carbons (Fsp3) is 1.00. The second kappa shape index (κ2) is 25.3. The molecule has 2 atom stereocenters. The summed E-state index contributed by atoms with van der Waals surface area (Å²) in [4.78, 5) is 0. The predicted octanol–water partition coefficient (Wildman–Crippen LogP) is 11.7. The zero-order valence-electron chi connectivity index (χ0n) is 22.1. The number of unbranched alkanes of at least 4 members (excludes halogenated alkanes) is 17. The smallest absolute Gasteiger partial charge is 0.0443 e. The molecule has 0 rings (SSSR count). The van der Waals surface area contributed by atoms with E-state index in [9.17, 15) is 0 Å². The molecule has 30 heavy (non-hydrogen) atoms. The summed E-state index contributed by atoms with van der Waals surface area (Å²) in [5.74, 6) is 1.92. The van der Waals surface area contributed by atoms with Crippen molar-refractivity contribution in [1.82, 2.24) is 0 Å². The van der Waals surface area contributed by atoms with Crippen LogP contribution in [0.4, 0.5) is 0 Å². The van der Waals surface area contributed by atoms with Gasteiger partial charge in [0.2, 0.25) is 0 Å². The van der Waals surface area contributed by atoms with E-state index < -0.39 is 0 Å². The molecule has 0 heteroatoms. The summed E-state index contributed by atoms with van der Waals surface area (Å²) < 4.78 is 0. The summed E-state index contributed by atoms with van der Waals surface area (Å²) in [7, 11) is 0. The zero-order valence-corrected chi connectivity index (χ0v) is 22.1. The molecule has 0 amide bonds. The van der Waals surface area contributed by atoms with Gasteiger partial charge in [0.15, 0.2) is 0 Å². The van der Waals surface area contributed by atoms with Crippen LogP contribution < -0.4 is 0 Å². The highest BCUT2D eigenvalue weighted by molar-refractivity contribution is 4.59. The van der Waals surface area contributed by atoms with Crippen LogP contribution in [0.2, 0.25) is 0 Å². The fourth-order valence-electron chi connectivity index (χ4n) is 4.88. The summed E-state index contributed by atoms with van der Waals surface area (Å²) in [6.07, 6.45) is 35.2. The van der Waals surface area contributed by atoms with Crippen molar-refractivity contribution in [3.8, 4) is 0 Å². The molecule has 0 saturated carbocycles. The van der Waals surface area contributed by atoms with Crippen LogP contribution in [0, 0.1) is 11.8 Å². The summed E-state index contributed by atoms with van der Waals surface area (Å²) in [5.41, 5.74) is 0. The van der Waals surface area contributed by atoms with E-state index in [-0.39, 0.29) is 0 Å². The lowest BCUT2D eigenvalue weighted by Gasteiger charge is -2.13. The standard InChI is InChI=1S/C30H62/c1-5-7-9-11-12-13-14-15-16-17-18-20-22-26-30(4)28-24-23-27-29(3)25-21-19-10-8-6-2/h29-30H,5-28H2,1-4H3. The second-order valence-electron chi connectivity index (χ2n) is 10.7. The van der Waals surface area contributed by atoms with E-state index in [0.29, 0.717) is 0 Å². The monoisotopic (exact) mass is 422 g/mol. The van der Waals surface area contributed by atoms with Crippen molar-refractivity contribution < 1.29 is 0 Å². The average molecular weight is 423 g/mol. The minimum absolute atomic E-state index is 0.960. The van der Waals surface area contributed by atoms with E-state index in [2.05, 4.69) is 27.7 Å². The highest BCUT2D eigenvalue weighted by Crippen LogP contribution is 2.21.